The van der Waals surface area contributed by atoms with Crippen LogP contribution in [0.15, 0.2) is 61.2 Å². The maximum absolute atomic E-state index is 11.8. The Labute approximate surface area is 204 Å². The van der Waals surface area contributed by atoms with Crippen LogP contribution >= 0.6 is 11.3 Å². The van der Waals surface area contributed by atoms with Gasteiger partial charge in [-0.25, -0.2) is 4.98 Å². The van der Waals surface area contributed by atoms with Crippen molar-refractivity contribution in [2.45, 2.75) is 20.3 Å². The molecule has 0 fully saturated rings. The van der Waals surface area contributed by atoms with Crippen molar-refractivity contribution in [1.29, 1.82) is 0 Å². The Morgan fingerprint density at radius 2 is 1.89 bits per heavy atom. The van der Waals surface area contributed by atoms with Crippen molar-refractivity contribution in [3.63, 3.8) is 0 Å². The van der Waals surface area contributed by atoms with Crippen LogP contribution in [0.3, 0.4) is 0 Å². The van der Waals surface area contributed by atoms with Crippen LogP contribution in [0.4, 0.5) is 5.69 Å². The SMILES string of the molecule is CCC(=O)Nc1cncc(-c2cnc3[nH]nc(-c4cc5c(-c6ccc(C)s6)nccc5[nH]4)c3c2)c1. The number of aromatic nitrogens is 6. The smallest absolute Gasteiger partial charge is 0.224 e. The molecule has 6 aromatic heterocycles. The molecule has 1 amide bonds. The predicted molar refractivity (Wildman–Crippen MR) is 139 cm³/mol. The van der Waals surface area contributed by atoms with E-state index in [4.69, 9.17) is 0 Å². The van der Waals surface area contributed by atoms with E-state index in [9.17, 15) is 4.79 Å². The Bertz CT molecular complexity index is 1710. The Balaban J connectivity index is 1.43. The fourth-order valence-corrected chi connectivity index (χ4v) is 5.00. The van der Waals surface area contributed by atoms with Crippen molar-refractivity contribution in [3.8, 4) is 33.1 Å². The topological polar surface area (TPSA) is 112 Å². The number of nitrogens with zero attached hydrogens (tertiary/aromatic N) is 4. The van der Waals surface area contributed by atoms with Gasteiger partial charge in [-0.3, -0.25) is 19.9 Å². The van der Waals surface area contributed by atoms with Gasteiger partial charge in [-0.2, -0.15) is 5.10 Å². The molecule has 0 aliphatic rings. The largest absolute Gasteiger partial charge is 0.353 e. The van der Waals surface area contributed by atoms with E-state index in [1.54, 1.807) is 29.9 Å². The molecule has 0 saturated heterocycles. The lowest BCUT2D eigenvalue weighted by atomic mass is 10.1. The summed E-state index contributed by atoms with van der Waals surface area (Å²) < 4.78 is 0. The number of aryl methyl sites for hydroxylation is 1. The highest BCUT2D eigenvalue weighted by molar-refractivity contribution is 7.15. The van der Waals surface area contributed by atoms with Crippen molar-refractivity contribution in [2.24, 2.45) is 0 Å². The summed E-state index contributed by atoms with van der Waals surface area (Å²) in [6.07, 6.45) is 7.40. The Morgan fingerprint density at radius 1 is 1.00 bits per heavy atom. The number of hydrogen-bond acceptors (Lipinski definition) is 6. The molecule has 9 heteroatoms. The summed E-state index contributed by atoms with van der Waals surface area (Å²) in [5, 5.41) is 12.4. The summed E-state index contributed by atoms with van der Waals surface area (Å²) in [6.45, 7) is 3.91. The van der Waals surface area contributed by atoms with E-state index in [0.717, 1.165) is 49.4 Å². The first-order chi connectivity index (χ1) is 17.1. The van der Waals surface area contributed by atoms with E-state index >= 15 is 0 Å². The molecule has 0 aliphatic carbocycles. The highest BCUT2D eigenvalue weighted by atomic mass is 32.1. The Kier molecular flexibility index (Phi) is 5.11. The van der Waals surface area contributed by atoms with Crippen LogP contribution in [0, 0.1) is 6.92 Å². The fourth-order valence-electron chi connectivity index (χ4n) is 4.12. The molecule has 0 unspecified atom stereocenters. The number of H-pyrrole nitrogens is 2. The first-order valence-corrected chi connectivity index (χ1v) is 12.0. The Hall–Kier alpha value is -4.37. The molecule has 0 radical (unpaired) electrons. The number of rotatable bonds is 5. The molecule has 0 bridgehead atoms. The number of hydrogen-bond donors (Lipinski definition) is 3. The molecule has 6 aromatic rings. The third kappa shape index (κ3) is 3.85. The standard InChI is InChI=1S/C26H21N7OS/c1-3-23(34)30-17-8-15(11-27-13-17)16-9-19-24(32-33-26(19)29-12-16)21-10-18-20(31-21)6-7-28-25(18)22-5-4-14(2)35-22/h4-13,31H,3H2,1-2H3,(H,30,34)(H,29,32,33). The molecular formula is C26H21N7OS. The first kappa shape index (κ1) is 21.2. The van der Waals surface area contributed by atoms with E-state index < -0.39 is 0 Å². The number of aromatic amines is 2. The molecular weight excluding hydrogens is 458 g/mol. The molecule has 0 atom stereocenters. The third-order valence-corrected chi connectivity index (χ3v) is 6.88. The second kappa shape index (κ2) is 8.44. The van der Waals surface area contributed by atoms with Crippen LogP contribution in [0.2, 0.25) is 0 Å². The normalized spacial score (nSPS) is 11.4. The summed E-state index contributed by atoms with van der Waals surface area (Å²) in [5.74, 6) is -0.0555. The summed E-state index contributed by atoms with van der Waals surface area (Å²) in [7, 11) is 0. The van der Waals surface area contributed by atoms with Crippen molar-refractivity contribution in [3.05, 3.63) is 66.1 Å². The van der Waals surface area contributed by atoms with Crippen LogP contribution in [0.5, 0.6) is 0 Å². The average molecular weight is 480 g/mol. The second-order valence-electron chi connectivity index (χ2n) is 8.27. The number of pyridine rings is 3. The molecule has 172 valence electrons. The molecule has 0 spiro atoms. The fraction of sp³-hybridized carbons (Fsp3) is 0.115. The van der Waals surface area contributed by atoms with Crippen LogP contribution in [-0.2, 0) is 4.79 Å². The molecule has 3 N–H and O–H groups in total. The number of nitrogens with one attached hydrogen (secondary N) is 3. The monoisotopic (exact) mass is 479 g/mol. The average Bonchev–Trinajstić information content (AvgIpc) is 3.61. The summed E-state index contributed by atoms with van der Waals surface area (Å²) in [6, 6.07) is 12.2. The lowest BCUT2D eigenvalue weighted by Crippen LogP contribution is -2.09. The van der Waals surface area contributed by atoms with Gasteiger partial charge in [0.15, 0.2) is 5.65 Å². The van der Waals surface area contributed by atoms with Crippen molar-refractivity contribution in [2.75, 3.05) is 5.32 Å². The number of carbonyl (C=O) groups excluding carboxylic acids is 1. The van der Waals surface area contributed by atoms with Gasteiger partial charge in [-0.05, 0) is 43.3 Å². The quantitative estimate of drug-likeness (QED) is 0.283. The maximum atomic E-state index is 11.8. The minimum Gasteiger partial charge on any atom is -0.353 e. The van der Waals surface area contributed by atoms with Crippen molar-refractivity contribution < 1.29 is 4.79 Å². The Morgan fingerprint density at radius 3 is 2.71 bits per heavy atom. The highest BCUT2D eigenvalue weighted by Gasteiger charge is 2.16. The predicted octanol–water partition coefficient (Wildman–Crippen LogP) is 5.95. The van der Waals surface area contributed by atoms with Crippen LogP contribution < -0.4 is 5.32 Å². The van der Waals surface area contributed by atoms with Gasteiger partial charge >= 0.3 is 0 Å². The lowest BCUT2D eigenvalue weighted by molar-refractivity contribution is -0.115. The van der Waals surface area contributed by atoms with Gasteiger partial charge in [0.2, 0.25) is 5.91 Å². The number of amides is 1. The van der Waals surface area contributed by atoms with Crippen molar-refractivity contribution in [1.82, 2.24) is 30.1 Å². The minimum atomic E-state index is -0.0555. The van der Waals surface area contributed by atoms with Gasteiger partial charge in [-0.15, -0.1) is 11.3 Å². The summed E-state index contributed by atoms with van der Waals surface area (Å²) in [5.41, 5.74) is 6.71. The molecule has 6 rings (SSSR count). The van der Waals surface area contributed by atoms with Crippen LogP contribution in [0.25, 0.3) is 55.0 Å². The van der Waals surface area contributed by atoms with E-state index in [2.05, 4.69) is 60.6 Å². The van der Waals surface area contributed by atoms with E-state index in [1.807, 2.05) is 31.3 Å². The van der Waals surface area contributed by atoms with E-state index in [-0.39, 0.29) is 5.91 Å². The van der Waals surface area contributed by atoms with Gasteiger partial charge in [0.05, 0.1) is 28.1 Å². The number of carbonyl (C=O) groups is 1. The van der Waals surface area contributed by atoms with E-state index in [0.29, 0.717) is 17.8 Å². The minimum absolute atomic E-state index is 0.0555. The van der Waals surface area contributed by atoms with Gasteiger partial charge in [0.1, 0.15) is 5.69 Å². The zero-order valence-electron chi connectivity index (χ0n) is 19.1. The molecule has 6 heterocycles. The van der Waals surface area contributed by atoms with Gasteiger partial charge in [0.25, 0.3) is 0 Å². The summed E-state index contributed by atoms with van der Waals surface area (Å²) in [4.78, 5) is 31.2. The van der Waals surface area contributed by atoms with Crippen LogP contribution in [-0.4, -0.2) is 36.0 Å². The van der Waals surface area contributed by atoms with Gasteiger partial charge in [-0.1, -0.05) is 6.92 Å². The molecule has 35 heavy (non-hydrogen) atoms. The number of fused-ring (bicyclic) bond motifs is 2. The molecule has 0 aliphatic heterocycles. The van der Waals surface area contributed by atoms with E-state index in [1.165, 1.54) is 4.88 Å². The number of thiophene rings is 1. The van der Waals surface area contributed by atoms with Gasteiger partial charge in [0, 0.05) is 57.3 Å². The maximum Gasteiger partial charge on any atom is 0.224 e. The van der Waals surface area contributed by atoms with Crippen LogP contribution in [0.1, 0.15) is 18.2 Å². The van der Waals surface area contributed by atoms with Crippen molar-refractivity contribution >= 4 is 44.9 Å². The zero-order chi connectivity index (χ0) is 23.9. The first-order valence-electron chi connectivity index (χ1n) is 11.2. The zero-order valence-corrected chi connectivity index (χ0v) is 19.9. The summed E-state index contributed by atoms with van der Waals surface area (Å²) >= 11 is 1.73. The van der Waals surface area contributed by atoms with Gasteiger partial charge < -0.3 is 10.3 Å². The third-order valence-electron chi connectivity index (χ3n) is 5.87. The highest BCUT2D eigenvalue weighted by Crippen LogP contribution is 2.36. The molecule has 0 saturated carbocycles. The molecule has 0 aromatic carbocycles. The number of anilines is 1. The second-order valence-corrected chi connectivity index (χ2v) is 9.56. The molecule has 8 nitrogen and oxygen atoms in total. The lowest BCUT2D eigenvalue weighted by Gasteiger charge is -2.06.